The van der Waals surface area contributed by atoms with Crippen LogP contribution in [0, 0.1) is 13.8 Å². The molecule has 0 saturated heterocycles. The van der Waals surface area contributed by atoms with Crippen LogP contribution in [-0.2, 0) is 20.2 Å². The lowest BCUT2D eigenvalue weighted by molar-refractivity contribution is 0.481. The summed E-state index contributed by atoms with van der Waals surface area (Å²) >= 11 is 0. The van der Waals surface area contributed by atoms with E-state index in [9.17, 15) is 16.8 Å². The van der Waals surface area contributed by atoms with E-state index >= 15 is 0 Å². The van der Waals surface area contributed by atoms with E-state index in [1.54, 1.807) is 24.3 Å². The molecule has 0 saturated carbocycles. The van der Waals surface area contributed by atoms with Crippen molar-refractivity contribution < 1.29 is 25.9 Å². The van der Waals surface area contributed by atoms with Crippen LogP contribution in [0.2, 0.25) is 0 Å². The predicted molar refractivity (Wildman–Crippen MR) is 100 cm³/mol. The molecule has 0 aliphatic rings. The zero-order valence-electron chi connectivity index (χ0n) is 14.5. The van der Waals surface area contributed by atoms with Gasteiger partial charge in [-0.05, 0) is 38.1 Å². The molecule has 2 rings (SSSR count). The van der Waals surface area contributed by atoms with Crippen molar-refractivity contribution in [1.82, 2.24) is 0 Å². The van der Waals surface area contributed by atoms with E-state index in [4.69, 9.17) is 20.6 Å². The molecule has 0 radical (unpaired) electrons. The van der Waals surface area contributed by atoms with Crippen LogP contribution in [0.3, 0.4) is 0 Å². The van der Waals surface area contributed by atoms with Gasteiger partial charge in [0.05, 0.1) is 9.79 Å². The fraction of sp³-hybridized carbons (Fsp3) is 0.250. The molecular weight excluding hydrogens is 380 g/mol. The van der Waals surface area contributed by atoms with Gasteiger partial charge in [-0.3, -0.25) is 9.11 Å². The van der Waals surface area contributed by atoms with E-state index in [1.807, 2.05) is 13.8 Å². The van der Waals surface area contributed by atoms with Gasteiger partial charge in [0.25, 0.3) is 20.2 Å². The van der Waals surface area contributed by atoms with Crippen molar-refractivity contribution >= 4 is 20.2 Å². The Morgan fingerprint density at radius 1 is 0.654 bits per heavy atom. The maximum atomic E-state index is 10.5. The number of aryl methyl sites for hydroxylation is 2. The van der Waals surface area contributed by atoms with Gasteiger partial charge < -0.3 is 11.5 Å². The van der Waals surface area contributed by atoms with Crippen LogP contribution in [0.5, 0.6) is 0 Å². The summed E-state index contributed by atoms with van der Waals surface area (Å²) in [6.07, 6.45) is 0. The first kappa shape index (κ1) is 24.2. The molecule has 0 aliphatic heterocycles. The summed E-state index contributed by atoms with van der Waals surface area (Å²) in [6.45, 7) is 4.88. The van der Waals surface area contributed by atoms with Gasteiger partial charge >= 0.3 is 0 Å². The molecule has 0 fully saturated rings. The Kier molecular flexibility index (Phi) is 10.2. The molecule has 0 spiro atoms. The van der Waals surface area contributed by atoms with Gasteiger partial charge in [-0.2, -0.15) is 16.8 Å². The lowest BCUT2D eigenvalue weighted by atomic mass is 10.2. The first-order valence-electron chi connectivity index (χ1n) is 7.40. The lowest BCUT2D eigenvalue weighted by Gasteiger charge is -1.95. The Labute approximate surface area is 154 Å². The van der Waals surface area contributed by atoms with Crippen LogP contribution >= 0.6 is 0 Å². The van der Waals surface area contributed by atoms with Gasteiger partial charge in [0.15, 0.2) is 0 Å². The Morgan fingerprint density at radius 3 is 1.04 bits per heavy atom. The summed E-state index contributed by atoms with van der Waals surface area (Å²) < 4.78 is 59.1. The molecule has 10 heteroatoms. The Hall–Kier alpha value is -1.82. The minimum Gasteiger partial charge on any atom is -0.329 e. The number of hydrogen-bond acceptors (Lipinski definition) is 6. The van der Waals surface area contributed by atoms with E-state index in [-0.39, 0.29) is 9.79 Å². The highest BCUT2D eigenvalue weighted by Gasteiger charge is 2.07. The predicted octanol–water partition coefficient (Wildman–Crippen LogP) is 1.39. The first-order valence-corrected chi connectivity index (χ1v) is 10.3. The summed E-state index contributed by atoms with van der Waals surface area (Å²) in [4.78, 5) is -0.133. The van der Waals surface area contributed by atoms with Crippen molar-refractivity contribution in [1.29, 1.82) is 0 Å². The molecule has 0 unspecified atom stereocenters. The summed E-state index contributed by atoms with van der Waals surface area (Å²) in [5, 5.41) is 0. The van der Waals surface area contributed by atoms with Gasteiger partial charge in [0.1, 0.15) is 0 Å². The number of benzene rings is 2. The third-order valence-corrected chi connectivity index (χ3v) is 4.54. The lowest BCUT2D eigenvalue weighted by Crippen LogP contribution is -2.11. The Morgan fingerprint density at radius 2 is 0.885 bits per heavy atom. The monoisotopic (exact) mass is 404 g/mol. The highest BCUT2D eigenvalue weighted by Crippen LogP contribution is 2.09. The van der Waals surface area contributed by atoms with Crippen molar-refractivity contribution in [2.45, 2.75) is 23.6 Å². The molecule has 0 atom stereocenters. The van der Waals surface area contributed by atoms with Crippen molar-refractivity contribution in [3.05, 3.63) is 59.7 Å². The fourth-order valence-electron chi connectivity index (χ4n) is 1.42. The average molecular weight is 405 g/mol. The molecule has 6 N–H and O–H groups in total. The standard InChI is InChI=1S/2C7H8O3S.C2H8N2/c2*1-6-2-4-7(5-3-6)11(8,9)10;3-1-2-4/h2*2-5H,1H3,(H,8,9,10);1-4H2. The molecule has 2 aromatic rings. The smallest absolute Gasteiger partial charge is 0.294 e. The summed E-state index contributed by atoms with van der Waals surface area (Å²) in [6, 6.07) is 12.0. The van der Waals surface area contributed by atoms with Crippen molar-refractivity contribution in [2.75, 3.05) is 13.1 Å². The summed E-state index contributed by atoms with van der Waals surface area (Å²) in [5.41, 5.74) is 11.7. The van der Waals surface area contributed by atoms with Crippen molar-refractivity contribution in [3.8, 4) is 0 Å². The number of rotatable bonds is 3. The molecule has 0 bridgehead atoms. The SMILES string of the molecule is Cc1ccc(S(=O)(=O)O)cc1.Cc1ccc(S(=O)(=O)O)cc1.NCCN. The van der Waals surface area contributed by atoms with Crippen molar-refractivity contribution in [3.63, 3.8) is 0 Å². The van der Waals surface area contributed by atoms with Gasteiger partial charge in [-0.1, -0.05) is 35.4 Å². The second-order valence-electron chi connectivity index (χ2n) is 5.15. The molecule has 0 aliphatic carbocycles. The topological polar surface area (TPSA) is 161 Å². The van der Waals surface area contributed by atoms with Gasteiger partial charge in [0, 0.05) is 13.1 Å². The highest BCUT2D eigenvalue weighted by molar-refractivity contribution is 7.86. The largest absolute Gasteiger partial charge is 0.329 e. The fourth-order valence-corrected chi connectivity index (χ4v) is 2.38. The molecular formula is C16H24N2O6S2. The second-order valence-corrected chi connectivity index (χ2v) is 8.00. The van der Waals surface area contributed by atoms with Crippen LogP contribution in [0.1, 0.15) is 11.1 Å². The Bertz CT molecular complexity index is 786. The minimum absolute atomic E-state index is 0.0666. The van der Waals surface area contributed by atoms with E-state index in [2.05, 4.69) is 0 Å². The molecule has 0 amide bonds. The van der Waals surface area contributed by atoms with Crippen LogP contribution in [0.25, 0.3) is 0 Å². The third-order valence-electron chi connectivity index (χ3n) is 2.80. The number of hydrogen-bond donors (Lipinski definition) is 4. The van der Waals surface area contributed by atoms with Gasteiger partial charge in [0.2, 0.25) is 0 Å². The molecule has 0 aromatic heterocycles. The van der Waals surface area contributed by atoms with Crippen LogP contribution in [-0.4, -0.2) is 39.0 Å². The minimum atomic E-state index is -4.02. The third kappa shape index (κ3) is 10.2. The van der Waals surface area contributed by atoms with Gasteiger partial charge in [-0.25, -0.2) is 0 Å². The highest BCUT2D eigenvalue weighted by atomic mass is 32.2. The van der Waals surface area contributed by atoms with E-state index in [0.717, 1.165) is 11.1 Å². The van der Waals surface area contributed by atoms with Gasteiger partial charge in [-0.15, -0.1) is 0 Å². The Balaban J connectivity index is 0.000000401. The van der Waals surface area contributed by atoms with Crippen LogP contribution in [0.15, 0.2) is 58.3 Å². The zero-order valence-corrected chi connectivity index (χ0v) is 16.2. The quantitative estimate of drug-likeness (QED) is 0.558. The zero-order chi connectivity index (χ0) is 20.4. The van der Waals surface area contributed by atoms with E-state index < -0.39 is 20.2 Å². The summed E-state index contributed by atoms with van der Waals surface area (Å²) in [7, 11) is -8.04. The first-order chi connectivity index (χ1) is 11.9. The molecule has 2 aromatic carbocycles. The van der Waals surface area contributed by atoms with Crippen LogP contribution < -0.4 is 11.5 Å². The molecule has 26 heavy (non-hydrogen) atoms. The number of nitrogens with two attached hydrogens (primary N) is 2. The van der Waals surface area contributed by atoms with Crippen LogP contribution in [0.4, 0.5) is 0 Å². The molecule has 8 nitrogen and oxygen atoms in total. The van der Waals surface area contributed by atoms with E-state index in [1.165, 1.54) is 24.3 Å². The maximum Gasteiger partial charge on any atom is 0.294 e. The maximum absolute atomic E-state index is 10.5. The summed E-state index contributed by atoms with van der Waals surface area (Å²) in [5.74, 6) is 0. The average Bonchev–Trinajstić information content (AvgIpc) is 2.55. The normalized spacial score (nSPS) is 10.8. The molecule has 0 heterocycles. The van der Waals surface area contributed by atoms with E-state index in [0.29, 0.717) is 13.1 Å². The molecule has 146 valence electrons. The second kappa shape index (κ2) is 11.0. The van der Waals surface area contributed by atoms with Crippen molar-refractivity contribution in [2.24, 2.45) is 11.5 Å².